The van der Waals surface area contributed by atoms with E-state index in [2.05, 4.69) is 18.7 Å². The summed E-state index contributed by atoms with van der Waals surface area (Å²) in [5.74, 6) is 4.84. The van der Waals surface area contributed by atoms with Gasteiger partial charge in [-0.2, -0.15) is 11.8 Å². The summed E-state index contributed by atoms with van der Waals surface area (Å²) in [6, 6.07) is 0. The Bertz CT molecular complexity index is 300. The van der Waals surface area contributed by atoms with Crippen LogP contribution in [0.4, 0.5) is 0 Å². The van der Waals surface area contributed by atoms with Crippen LogP contribution in [0.5, 0.6) is 0 Å². The highest BCUT2D eigenvalue weighted by molar-refractivity contribution is 8.00. The largest absolute Gasteiger partial charge is 0.155 e. The molecule has 4 aliphatic rings. The Labute approximate surface area is 150 Å². The molecule has 0 unspecified atom stereocenters. The van der Waals surface area contributed by atoms with Gasteiger partial charge in [0.05, 0.1) is 0 Å². The molecule has 1 heteroatoms. The number of unbranched alkanes of at least 4 members (excludes halogenated alkanes) is 9. The van der Waals surface area contributed by atoms with Crippen LogP contribution in [0.3, 0.4) is 0 Å². The Kier molecular flexibility index (Phi) is 7.23. The van der Waals surface area contributed by atoms with Gasteiger partial charge in [0.25, 0.3) is 0 Å². The first-order chi connectivity index (χ1) is 11.3. The fraction of sp³-hybridized carbons (Fsp3) is 1.00. The van der Waals surface area contributed by atoms with Crippen LogP contribution in [0.1, 0.15) is 110 Å². The second-order valence-electron chi connectivity index (χ2n) is 9.13. The molecule has 0 aromatic heterocycles. The summed E-state index contributed by atoms with van der Waals surface area (Å²) >= 11 is 2.41. The van der Waals surface area contributed by atoms with Crippen molar-refractivity contribution in [3.05, 3.63) is 0 Å². The Hall–Kier alpha value is 0.350. The smallest absolute Gasteiger partial charge is 0.0168 e. The fourth-order valence-corrected chi connectivity index (χ4v) is 7.93. The summed E-state index contributed by atoms with van der Waals surface area (Å²) in [6.07, 6.45) is 24.3. The molecule has 23 heavy (non-hydrogen) atoms. The van der Waals surface area contributed by atoms with Crippen molar-refractivity contribution in [3.63, 3.8) is 0 Å². The van der Waals surface area contributed by atoms with Crippen LogP contribution >= 0.6 is 11.8 Å². The lowest BCUT2D eigenvalue weighted by Crippen LogP contribution is -2.48. The molecule has 0 aliphatic heterocycles. The normalized spacial score (nSPS) is 35.1. The van der Waals surface area contributed by atoms with Crippen LogP contribution in [-0.2, 0) is 0 Å². The molecule has 134 valence electrons. The zero-order chi connectivity index (χ0) is 16.0. The van der Waals surface area contributed by atoms with E-state index in [1.807, 2.05) is 0 Å². The molecule has 0 spiro atoms. The van der Waals surface area contributed by atoms with Gasteiger partial charge >= 0.3 is 0 Å². The van der Waals surface area contributed by atoms with Crippen molar-refractivity contribution >= 4 is 11.8 Å². The van der Waals surface area contributed by atoms with Gasteiger partial charge in [0.1, 0.15) is 0 Å². The van der Waals surface area contributed by atoms with E-state index < -0.39 is 0 Å². The molecule has 0 atom stereocenters. The minimum atomic E-state index is 0.758. The maximum Gasteiger partial charge on any atom is 0.0168 e. The van der Waals surface area contributed by atoms with E-state index in [4.69, 9.17) is 0 Å². The van der Waals surface area contributed by atoms with Crippen molar-refractivity contribution in [1.29, 1.82) is 0 Å². The maximum absolute atomic E-state index is 2.41. The third kappa shape index (κ3) is 5.41. The van der Waals surface area contributed by atoms with Crippen molar-refractivity contribution in [2.24, 2.45) is 17.8 Å². The lowest BCUT2D eigenvalue weighted by molar-refractivity contribution is 0.0383. The average molecular weight is 337 g/mol. The predicted molar refractivity (Wildman–Crippen MR) is 105 cm³/mol. The Balaban J connectivity index is 1.19. The first-order valence-corrected chi connectivity index (χ1v) is 11.9. The molecule has 0 saturated heterocycles. The van der Waals surface area contributed by atoms with Gasteiger partial charge in [0.15, 0.2) is 0 Å². The molecule has 0 amide bonds. The molecule has 0 aromatic rings. The van der Waals surface area contributed by atoms with E-state index in [0.29, 0.717) is 0 Å². The SMILES string of the molecule is CCCCCCCCCCCCSC12CC3CC(CC(C3)C1)C2. The monoisotopic (exact) mass is 336 g/mol. The van der Waals surface area contributed by atoms with Gasteiger partial charge in [-0.15, -0.1) is 0 Å². The average Bonchev–Trinajstić information content (AvgIpc) is 2.51. The minimum absolute atomic E-state index is 0.758. The summed E-state index contributed by atoms with van der Waals surface area (Å²) in [7, 11) is 0. The zero-order valence-electron chi connectivity index (χ0n) is 15.7. The van der Waals surface area contributed by atoms with E-state index >= 15 is 0 Å². The van der Waals surface area contributed by atoms with Crippen LogP contribution in [-0.4, -0.2) is 10.5 Å². The maximum atomic E-state index is 2.41. The summed E-state index contributed by atoms with van der Waals surface area (Å²) < 4.78 is 0.758. The third-order valence-corrected chi connectivity index (χ3v) is 8.49. The van der Waals surface area contributed by atoms with Crippen LogP contribution in [0.2, 0.25) is 0 Å². The second-order valence-corrected chi connectivity index (χ2v) is 10.7. The number of hydrogen-bond acceptors (Lipinski definition) is 1. The molecular weight excluding hydrogens is 296 g/mol. The first kappa shape index (κ1) is 18.2. The van der Waals surface area contributed by atoms with E-state index in [1.165, 1.54) is 70.0 Å². The predicted octanol–water partition coefficient (Wildman–Crippen LogP) is 7.61. The van der Waals surface area contributed by atoms with E-state index in [-0.39, 0.29) is 0 Å². The van der Waals surface area contributed by atoms with E-state index in [0.717, 1.165) is 22.5 Å². The standard InChI is InChI=1S/C22H40S/c1-2-3-4-5-6-7-8-9-10-11-12-23-22-16-19-13-20(17-22)15-21(14-19)18-22/h19-21H,2-18H2,1H3. The molecular formula is C22H40S. The van der Waals surface area contributed by atoms with Crippen molar-refractivity contribution in [2.75, 3.05) is 5.75 Å². The summed E-state index contributed by atoms with van der Waals surface area (Å²) in [5, 5.41) is 0. The Morgan fingerprint density at radius 1 is 0.652 bits per heavy atom. The molecule has 4 rings (SSSR count). The highest BCUT2D eigenvalue weighted by Crippen LogP contribution is 2.60. The molecule has 0 N–H and O–H groups in total. The van der Waals surface area contributed by atoms with Gasteiger partial charge in [0.2, 0.25) is 0 Å². The lowest BCUT2D eigenvalue weighted by atomic mass is 9.56. The topological polar surface area (TPSA) is 0 Å². The molecule has 4 bridgehead atoms. The Morgan fingerprint density at radius 3 is 1.57 bits per heavy atom. The molecule has 0 heterocycles. The number of thioether (sulfide) groups is 1. The number of rotatable bonds is 12. The lowest BCUT2D eigenvalue weighted by Gasteiger charge is -2.56. The quantitative estimate of drug-likeness (QED) is 0.330. The van der Waals surface area contributed by atoms with Crippen molar-refractivity contribution < 1.29 is 0 Å². The summed E-state index contributed by atoms with van der Waals surface area (Å²) in [6.45, 7) is 2.31. The highest BCUT2D eigenvalue weighted by atomic mass is 32.2. The van der Waals surface area contributed by atoms with Gasteiger partial charge < -0.3 is 0 Å². The molecule has 0 nitrogen and oxygen atoms in total. The first-order valence-electron chi connectivity index (χ1n) is 10.9. The number of hydrogen-bond donors (Lipinski definition) is 0. The van der Waals surface area contributed by atoms with Gasteiger partial charge in [-0.1, -0.05) is 64.7 Å². The van der Waals surface area contributed by atoms with Gasteiger partial charge in [-0.05, 0) is 68.5 Å². The molecule has 0 aromatic carbocycles. The van der Waals surface area contributed by atoms with Crippen molar-refractivity contribution in [3.8, 4) is 0 Å². The minimum Gasteiger partial charge on any atom is -0.155 e. The summed E-state index contributed by atoms with van der Waals surface area (Å²) in [4.78, 5) is 0. The van der Waals surface area contributed by atoms with Crippen LogP contribution < -0.4 is 0 Å². The molecule has 4 fully saturated rings. The molecule has 0 radical (unpaired) electrons. The van der Waals surface area contributed by atoms with E-state index in [1.54, 1.807) is 38.5 Å². The highest BCUT2D eigenvalue weighted by Gasteiger charge is 2.50. The third-order valence-electron chi connectivity index (χ3n) is 6.89. The van der Waals surface area contributed by atoms with Crippen LogP contribution in [0, 0.1) is 17.8 Å². The second kappa shape index (κ2) is 9.16. The van der Waals surface area contributed by atoms with Crippen LogP contribution in [0.25, 0.3) is 0 Å². The molecule has 4 aliphatic carbocycles. The van der Waals surface area contributed by atoms with Gasteiger partial charge in [0, 0.05) is 4.75 Å². The van der Waals surface area contributed by atoms with Crippen molar-refractivity contribution in [1.82, 2.24) is 0 Å². The van der Waals surface area contributed by atoms with Gasteiger partial charge in [-0.3, -0.25) is 0 Å². The summed E-state index contributed by atoms with van der Waals surface area (Å²) in [5.41, 5.74) is 0. The van der Waals surface area contributed by atoms with Crippen LogP contribution in [0.15, 0.2) is 0 Å². The van der Waals surface area contributed by atoms with Gasteiger partial charge in [-0.25, -0.2) is 0 Å². The van der Waals surface area contributed by atoms with Crippen molar-refractivity contribution in [2.45, 2.75) is 114 Å². The zero-order valence-corrected chi connectivity index (χ0v) is 16.5. The fourth-order valence-electron chi connectivity index (χ4n) is 6.09. The van der Waals surface area contributed by atoms with E-state index in [9.17, 15) is 0 Å². The Morgan fingerprint density at radius 2 is 1.09 bits per heavy atom. The molecule has 4 saturated carbocycles.